The predicted octanol–water partition coefficient (Wildman–Crippen LogP) is 3.55. The molecule has 0 radical (unpaired) electrons. The molecule has 35 heavy (non-hydrogen) atoms. The predicted molar refractivity (Wildman–Crippen MR) is 135 cm³/mol. The maximum atomic E-state index is 12.7. The van der Waals surface area contributed by atoms with Crippen LogP contribution in [0.25, 0.3) is 22.3 Å². The summed E-state index contributed by atoms with van der Waals surface area (Å²) in [4.78, 5) is 22.3. The Bertz CT molecular complexity index is 1490. The molecule has 1 saturated heterocycles. The van der Waals surface area contributed by atoms with Gasteiger partial charge in [-0.05, 0) is 49.5 Å². The van der Waals surface area contributed by atoms with Gasteiger partial charge in [-0.15, -0.1) is 0 Å². The average Bonchev–Trinajstić information content (AvgIpc) is 3.38. The average molecular weight is 508 g/mol. The number of nitrogens with one attached hydrogen (secondary N) is 2. The molecule has 2 aromatic heterocycles. The van der Waals surface area contributed by atoms with Crippen molar-refractivity contribution in [3.8, 4) is 11.3 Å². The van der Waals surface area contributed by atoms with Crippen LogP contribution in [0.5, 0.6) is 0 Å². The lowest BCUT2D eigenvalue weighted by atomic mass is 9.64. The lowest BCUT2D eigenvalue weighted by molar-refractivity contribution is 0.0990. The maximum Gasteiger partial charge on any atom is 0.268 e. The number of benzene rings is 2. The highest BCUT2D eigenvalue weighted by atomic mass is 35.5. The molecular weight excluding hydrogens is 485 g/mol. The molecule has 0 bridgehead atoms. The normalized spacial score (nSPS) is 20.9. The molecule has 178 valence electrons. The zero-order valence-electron chi connectivity index (χ0n) is 18.7. The summed E-state index contributed by atoms with van der Waals surface area (Å²) in [6.45, 7) is 1.69. The van der Waals surface area contributed by atoms with Crippen LogP contribution in [0.3, 0.4) is 0 Å². The number of nitrogens with two attached hydrogens (primary N) is 2. The van der Waals surface area contributed by atoms with Gasteiger partial charge in [-0.3, -0.25) is 9.89 Å². The van der Waals surface area contributed by atoms with Gasteiger partial charge in [0.1, 0.15) is 16.9 Å². The van der Waals surface area contributed by atoms with E-state index < -0.39 is 11.4 Å². The van der Waals surface area contributed by atoms with Gasteiger partial charge in [-0.2, -0.15) is 5.10 Å². The first-order chi connectivity index (χ1) is 16.9. The summed E-state index contributed by atoms with van der Waals surface area (Å²) in [5, 5.41) is 11.9. The molecule has 1 amide bonds. The highest BCUT2D eigenvalue weighted by Crippen LogP contribution is 2.56. The first-order valence-electron chi connectivity index (χ1n) is 11.4. The quantitative estimate of drug-likeness (QED) is 0.334. The number of aromatic nitrogens is 4. The van der Waals surface area contributed by atoms with Crippen molar-refractivity contribution in [2.24, 2.45) is 16.9 Å². The van der Waals surface area contributed by atoms with Gasteiger partial charge >= 0.3 is 0 Å². The summed E-state index contributed by atoms with van der Waals surface area (Å²) in [6.07, 6.45) is 2.54. The van der Waals surface area contributed by atoms with E-state index in [1.54, 1.807) is 18.2 Å². The first kappa shape index (κ1) is 22.4. The third kappa shape index (κ3) is 3.14. The Labute approximate surface area is 211 Å². The van der Waals surface area contributed by atoms with Crippen LogP contribution >= 0.6 is 23.2 Å². The Balaban J connectivity index is 1.62. The molecular formula is C25H23Cl2N7O. The number of piperidine rings is 1. The number of H-pyrrole nitrogens is 1. The van der Waals surface area contributed by atoms with Gasteiger partial charge in [0.15, 0.2) is 11.5 Å². The summed E-state index contributed by atoms with van der Waals surface area (Å²) >= 11 is 12.7. The number of rotatable bonds is 3. The van der Waals surface area contributed by atoms with E-state index in [2.05, 4.69) is 21.6 Å². The molecule has 0 unspecified atom stereocenters. The van der Waals surface area contributed by atoms with Crippen molar-refractivity contribution < 1.29 is 4.79 Å². The number of aromatic amines is 1. The second-order valence-electron chi connectivity index (χ2n) is 9.33. The number of carbonyl (C=O) groups is 1. The number of hydrogen-bond donors (Lipinski definition) is 4. The molecule has 2 aliphatic rings. The molecule has 1 fully saturated rings. The topological polar surface area (TPSA) is 136 Å². The molecule has 6 rings (SSSR count). The van der Waals surface area contributed by atoms with Gasteiger partial charge in [0, 0.05) is 11.0 Å². The number of nitrogens with zero attached hydrogens (tertiary/aromatic N) is 3. The fourth-order valence-corrected chi connectivity index (χ4v) is 6.24. The van der Waals surface area contributed by atoms with Crippen LogP contribution in [0, 0.1) is 5.41 Å². The molecule has 6 N–H and O–H groups in total. The van der Waals surface area contributed by atoms with Crippen molar-refractivity contribution in [2.75, 3.05) is 13.1 Å². The van der Waals surface area contributed by atoms with Gasteiger partial charge in [0.2, 0.25) is 0 Å². The molecule has 2 aromatic carbocycles. The summed E-state index contributed by atoms with van der Waals surface area (Å²) in [5.41, 5.74) is 15.4. The maximum absolute atomic E-state index is 12.7. The summed E-state index contributed by atoms with van der Waals surface area (Å²) < 4.78 is 0. The van der Waals surface area contributed by atoms with E-state index in [0.717, 1.165) is 37.9 Å². The van der Waals surface area contributed by atoms with Crippen LogP contribution in [0.4, 0.5) is 0 Å². The highest BCUT2D eigenvalue weighted by Gasteiger charge is 2.58. The lowest BCUT2D eigenvalue weighted by Crippen LogP contribution is -2.56. The fraction of sp³-hybridized carbons (Fsp3) is 0.280. The van der Waals surface area contributed by atoms with E-state index in [1.807, 2.05) is 18.2 Å². The van der Waals surface area contributed by atoms with Crippen molar-refractivity contribution >= 4 is 40.1 Å². The summed E-state index contributed by atoms with van der Waals surface area (Å²) in [5.74, 6) is -0.341. The largest absolute Gasteiger partial charge is 0.364 e. The minimum Gasteiger partial charge on any atom is -0.364 e. The van der Waals surface area contributed by atoms with Crippen LogP contribution in [-0.4, -0.2) is 39.2 Å². The molecule has 8 nitrogen and oxygen atoms in total. The smallest absolute Gasteiger partial charge is 0.268 e. The van der Waals surface area contributed by atoms with Crippen LogP contribution < -0.4 is 16.8 Å². The van der Waals surface area contributed by atoms with Crippen molar-refractivity contribution in [1.29, 1.82) is 0 Å². The fourth-order valence-electron chi connectivity index (χ4n) is 5.85. The number of amides is 1. The van der Waals surface area contributed by atoms with Gasteiger partial charge in [-0.1, -0.05) is 59.6 Å². The Morgan fingerprint density at radius 3 is 2.57 bits per heavy atom. The standard InChI is InChI=1S/C25H23Cl2N7O/c26-16-7-3-5-14(18(16)27)19-17-20(21(28)35)31-23(32-22(17)34-33-19)25(29)15-6-2-1-4-13(15)12-24(25)8-10-30-11-9-24/h1-7,30H,8-12,29H2,(H2,28,35)(H,31,32,33,34)/t25-/m0/s1. The van der Waals surface area contributed by atoms with E-state index in [0.29, 0.717) is 38.2 Å². The minimum atomic E-state index is -0.997. The van der Waals surface area contributed by atoms with E-state index in [-0.39, 0.29) is 11.1 Å². The van der Waals surface area contributed by atoms with Crippen molar-refractivity contribution in [3.05, 3.63) is 75.2 Å². The second kappa shape index (κ2) is 7.99. The Kier molecular flexibility index (Phi) is 5.12. The molecule has 3 heterocycles. The third-order valence-electron chi connectivity index (χ3n) is 7.58. The number of halogens is 2. The molecule has 4 aromatic rings. The van der Waals surface area contributed by atoms with E-state index >= 15 is 0 Å². The van der Waals surface area contributed by atoms with Gasteiger partial charge in [0.25, 0.3) is 5.91 Å². The summed E-state index contributed by atoms with van der Waals surface area (Å²) in [6, 6.07) is 13.3. The highest BCUT2D eigenvalue weighted by molar-refractivity contribution is 6.43. The Morgan fingerprint density at radius 1 is 1.03 bits per heavy atom. The molecule has 10 heteroatoms. The van der Waals surface area contributed by atoms with E-state index in [4.69, 9.17) is 44.6 Å². The minimum absolute atomic E-state index is 0.0445. The summed E-state index contributed by atoms with van der Waals surface area (Å²) in [7, 11) is 0. The lowest BCUT2D eigenvalue weighted by Gasteiger charge is -2.45. The Hall–Kier alpha value is -3.04. The number of carbonyl (C=O) groups excluding carboxylic acids is 1. The molecule has 1 atom stereocenters. The molecule has 0 saturated carbocycles. The second-order valence-corrected chi connectivity index (χ2v) is 10.1. The molecule has 1 aliphatic heterocycles. The SMILES string of the molecule is NC(=O)c1nc([C@@]2(N)c3ccccc3CC23CCNCC3)nc2[nH]nc(-c3cccc(Cl)c3Cl)c12. The zero-order valence-corrected chi connectivity index (χ0v) is 20.2. The van der Waals surface area contributed by atoms with Crippen molar-refractivity contribution in [2.45, 2.75) is 24.8 Å². The van der Waals surface area contributed by atoms with Crippen molar-refractivity contribution in [3.63, 3.8) is 0 Å². The Morgan fingerprint density at radius 2 is 1.80 bits per heavy atom. The van der Waals surface area contributed by atoms with Gasteiger partial charge in [0.05, 0.1) is 15.4 Å². The molecule has 1 spiro atoms. The van der Waals surface area contributed by atoms with Crippen LogP contribution in [0.1, 0.15) is 40.3 Å². The first-order valence-corrected chi connectivity index (χ1v) is 12.2. The van der Waals surface area contributed by atoms with Crippen molar-refractivity contribution in [1.82, 2.24) is 25.5 Å². The van der Waals surface area contributed by atoms with Gasteiger partial charge < -0.3 is 16.8 Å². The number of hydrogen-bond acceptors (Lipinski definition) is 6. The van der Waals surface area contributed by atoms with Gasteiger partial charge in [-0.25, -0.2) is 9.97 Å². The van der Waals surface area contributed by atoms with Crippen LogP contribution in [0.15, 0.2) is 42.5 Å². The van der Waals surface area contributed by atoms with E-state index in [1.165, 1.54) is 5.56 Å². The zero-order chi connectivity index (χ0) is 24.4. The van der Waals surface area contributed by atoms with E-state index in [9.17, 15) is 4.79 Å². The number of fused-ring (bicyclic) bond motifs is 2. The number of primary amides is 1. The molecule has 1 aliphatic carbocycles. The third-order valence-corrected chi connectivity index (χ3v) is 8.40. The van der Waals surface area contributed by atoms with Crippen LogP contribution in [-0.2, 0) is 12.0 Å². The van der Waals surface area contributed by atoms with Crippen LogP contribution in [0.2, 0.25) is 10.0 Å². The monoisotopic (exact) mass is 507 g/mol.